The van der Waals surface area contributed by atoms with Gasteiger partial charge >= 0.3 is 12.0 Å². The van der Waals surface area contributed by atoms with Gasteiger partial charge in [0.15, 0.2) is 0 Å². The fourth-order valence-corrected chi connectivity index (χ4v) is 3.24. The number of carboxylic acids is 1. The van der Waals surface area contributed by atoms with E-state index >= 15 is 0 Å². The molecule has 5 nitrogen and oxygen atoms in total. The zero-order valence-electron chi connectivity index (χ0n) is 15.0. The van der Waals surface area contributed by atoms with Crippen LogP contribution in [0.15, 0.2) is 54.6 Å². The normalized spacial score (nSPS) is 15.6. The van der Waals surface area contributed by atoms with Gasteiger partial charge in [-0.1, -0.05) is 42.5 Å². The summed E-state index contributed by atoms with van der Waals surface area (Å²) in [6.45, 7) is 0. The summed E-state index contributed by atoms with van der Waals surface area (Å²) in [5.41, 5.74) is 1.46. The van der Waals surface area contributed by atoms with Crippen LogP contribution in [0, 0.1) is 5.82 Å². The van der Waals surface area contributed by atoms with Crippen LogP contribution in [0.2, 0.25) is 0 Å². The van der Waals surface area contributed by atoms with Crippen LogP contribution in [0.25, 0.3) is 0 Å². The first-order valence-electron chi connectivity index (χ1n) is 9.07. The Morgan fingerprint density at radius 1 is 1.07 bits per heavy atom. The molecule has 1 saturated carbocycles. The number of halogens is 1. The van der Waals surface area contributed by atoms with E-state index in [4.69, 9.17) is 5.11 Å². The highest BCUT2D eigenvalue weighted by Crippen LogP contribution is 2.45. The van der Waals surface area contributed by atoms with Gasteiger partial charge in [-0.05, 0) is 48.9 Å². The maximum atomic E-state index is 13.1. The van der Waals surface area contributed by atoms with E-state index in [1.54, 1.807) is 12.1 Å². The van der Waals surface area contributed by atoms with Crippen molar-refractivity contribution in [3.63, 3.8) is 0 Å². The molecule has 0 heterocycles. The van der Waals surface area contributed by atoms with Crippen molar-refractivity contribution in [3.05, 3.63) is 71.5 Å². The summed E-state index contributed by atoms with van der Waals surface area (Å²) in [5, 5.41) is 14.9. The third kappa shape index (κ3) is 5.29. The Kier molecular flexibility index (Phi) is 5.74. The van der Waals surface area contributed by atoms with Gasteiger partial charge in [-0.3, -0.25) is 4.79 Å². The molecule has 142 valence electrons. The largest absolute Gasteiger partial charge is 0.481 e. The van der Waals surface area contributed by atoms with Crippen molar-refractivity contribution in [2.45, 2.75) is 43.7 Å². The molecule has 2 amide bonds. The molecule has 6 heteroatoms. The summed E-state index contributed by atoms with van der Waals surface area (Å²) in [7, 11) is 0. The average molecular weight is 370 g/mol. The molecule has 0 saturated heterocycles. The van der Waals surface area contributed by atoms with Gasteiger partial charge in [-0.2, -0.15) is 0 Å². The van der Waals surface area contributed by atoms with E-state index in [-0.39, 0.29) is 24.3 Å². The quantitative estimate of drug-likeness (QED) is 0.664. The molecule has 1 atom stereocenters. The predicted octanol–water partition coefficient (Wildman–Crippen LogP) is 3.59. The first-order valence-corrected chi connectivity index (χ1v) is 9.07. The minimum atomic E-state index is -0.889. The van der Waals surface area contributed by atoms with Crippen molar-refractivity contribution in [1.82, 2.24) is 10.6 Å². The third-order valence-corrected chi connectivity index (χ3v) is 4.87. The summed E-state index contributed by atoms with van der Waals surface area (Å²) < 4.78 is 13.1. The lowest BCUT2D eigenvalue weighted by atomic mass is 10.0. The number of carbonyl (C=O) groups excluding carboxylic acids is 1. The minimum Gasteiger partial charge on any atom is -0.481 e. The molecule has 2 aromatic rings. The van der Waals surface area contributed by atoms with Crippen molar-refractivity contribution in [2.75, 3.05) is 0 Å². The summed E-state index contributed by atoms with van der Waals surface area (Å²) in [4.78, 5) is 23.5. The highest BCUT2D eigenvalue weighted by Gasteiger charge is 2.45. The average Bonchev–Trinajstić information content (AvgIpc) is 3.41. The number of hydrogen-bond donors (Lipinski definition) is 3. The van der Waals surface area contributed by atoms with Crippen LogP contribution < -0.4 is 10.6 Å². The number of benzene rings is 2. The van der Waals surface area contributed by atoms with Crippen LogP contribution in [-0.4, -0.2) is 23.1 Å². The number of hydrogen-bond acceptors (Lipinski definition) is 2. The van der Waals surface area contributed by atoms with E-state index in [2.05, 4.69) is 10.6 Å². The molecule has 3 rings (SSSR count). The number of amides is 2. The van der Waals surface area contributed by atoms with Crippen LogP contribution in [0.4, 0.5) is 9.18 Å². The smallest absolute Gasteiger partial charge is 0.315 e. The van der Waals surface area contributed by atoms with Crippen LogP contribution in [-0.2, 0) is 16.8 Å². The van der Waals surface area contributed by atoms with Crippen molar-refractivity contribution >= 4 is 12.0 Å². The van der Waals surface area contributed by atoms with Gasteiger partial charge in [0, 0.05) is 12.5 Å². The number of urea groups is 1. The summed E-state index contributed by atoms with van der Waals surface area (Å²) in [6, 6.07) is 15.2. The highest BCUT2D eigenvalue weighted by atomic mass is 19.1. The monoisotopic (exact) mass is 370 g/mol. The molecule has 0 aliphatic heterocycles. The van der Waals surface area contributed by atoms with Crippen molar-refractivity contribution in [3.8, 4) is 0 Å². The van der Waals surface area contributed by atoms with Gasteiger partial charge < -0.3 is 15.7 Å². The Bertz CT molecular complexity index is 789. The second-order valence-corrected chi connectivity index (χ2v) is 7.01. The molecule has 0 spiro atoms. The second kappa shape index (κ2) is 8.20. The predicted molar refractivity (Wildman–Crippen MR) is 99.8 cm³/mol. The zero-order valence-corrected chi connectivity index (χ0v) is 15.0. The lowest BCUT2D eigenvalue weighted by Crippen LogP contribution is -2.47. The van der Waals surface area contributed by atoms with Crippen molar-refractivity contribution in [1.29, 1.82) is 0 Å². The number of carbonyl (C=O) groups is 2. The Morgan fingerprint density at radius 3 is 2.33 bits per heavy atom. The Labute approximate surface area is 157 Å². The van der Waals surface area contributed by atoms with Gasteiger partial charge in [0.05, 0.1) is 5.54 Å². The molecule has 2 aromatic carbocycles. The Morgan fingerprint density at radius 2 is 1.74 bits per heavy atom. The minimum absolute atomic E-state index is 0.0130. The summed E-state index contributed by atoms with van der Waals surface area (Å²) in [6.07, 6.45) is 2.49. The molecule has 1 aliphatic carbocycles. The van der Waals surface area contributed by atoms with Crippen LogP contribution in [0.5, 0.6) is 0 Å². The summed E-state index contributed by atoms with van der Waals surface area (Å²) >= 11 is 0. The molecular formula is C21H23FN2O3. The van der Waals surface area contributed by atoms with E-state index in [1.165, 1.54) is 12.1 Å². The lowest BCUT2D eigenvalue weighted by molar-refractivity contribution is -0.137. The lowest BCUT2D eigenvalue weighted by Gasteiger charge is -2.23. The Hall–Kier alpha value is -2.89. The van der Waals surface area contributed by atoms with Crippen molar-refractivity contribution < 1.29 is 19.1 Å². The third-order valence-electron chi connectivity index (χ3n) is 4.87. The number of aliphatic carboxylic acids is 1. The van der Waals surface area contributed by atoms with Crippen LogP contribution in [0.1, 0.15) is 36.8 Å². The zero-order chi connectivity index (χ0) is 19.3. The van der Waals surface area contributed by atoms with Gasteiger partial charge in [0.25, 0.3) is 0 Å². The highest BCUT2D eigenvalue weighted by molar-refractivity contribution is 5.76. The van der Waals surface area contributed by atoms with Crippen molar-refractivity contribution in [2.24, 2.45) is 0 Å². The van der Waals surface area contributed by atoms with Gasteiger partial charge in [-0.15, -0.1) is 0 Å². The molecule has 27 heavy (non-hydrogen) atoms. The fraction of sp³-hybridized carbons (Fsp3) is 0.333. The van der Waals surface area contributed by atoms with E-state index in [0.717, 1.165) is 24.0 Å². The molecule has 0 aromatic heterocycles. The van der Waals surface area contributed by atoms with Gasteiger partial charge in [0.2, 0.25) is 0 Å². The molecule has 1 aliphatic rings. The molecule has 1 fully saturated rings. The van der Waals surface area contributed by atoms with E-state index < -0.39 is 11.5 Å². The van der Waals surface area contributed by atoms with Crippen LogP contribution >= 0.6 is 0 Å². The van der Waals surface area contributed by atoms with E-state index in [1.807, 2.05) is 30.3 Å². The standard InChI is InChI=1S/C21H23FN2O3/c22-17-8-6-16(7-9-17)21(12-13-21)24-20(27)23-18(10-11-19(25)26)14-15-4-2-1-3-5-15/h1-9,18H,10-14H2,(H,25,26)(H2,23,24,27). The number of nitrogens with one attached hydrogen (secondary N) is 2. The van der Waals surface area contributed by atoms with Crippen LogP contribution in [0.3, 0.4) is 0 Å². The SMILES string of the molecule is O=C(O)CCC(Cc1ccccc1)NC(=O)NC1(c2ccc(F)cc2)CC1. The molecule has 0 bridgehead atoms. The molecule has 0 radical (unpaired) electrons. The fourth-order valence-electron chi connectivity index (χ4n) is 3.24. The molecular weight excluding hydrogens is 347 g/mol. The van der Waals surface area contributed by atoms with Gasteiger partial charge in [-0.25, -0.2) is 9.18 Å². The number of rotatable bonds is 8. The molecule has 3 N–H and O–H groups in total. The Balaban J connectivity index is 1.63. The maximum absolute atomic E-state index is 13.1. The maximum Gasteiger partial charge on any atom is 0.315 e. The summed E-state index contributed by atoms with van der Waals surface area (Å²) in [5.74, 6) is -1.20. The first-order chi connectivity index (χ1) is 13.0. The topological polar surface area (TPSA) is 78.4 Å². The van der Waals surface area contributed by atoms with E-state index in [9.17, 15) is 14.0 Å². The molecule has 1 unspecified atom stereocenters. The number of carboxylic acid groups (broad SMARTS) is 1. The first kappa shape index (κ1) is 18.9. The van der Waals surface area contributed by atoms with E-state index in [0.29, 0.717) is 12.8 Å². The van der Waals surface area contributed by atoms with Gasteiger partial charge in [0.1, 0.15) is 5.82 Å². The second-order valence-electron chi connectivity index (χ2n) is 7.01.